The van der Waals surface area contributed by atoms with Gasteiger partial charge in [-0.25, -0.2) is 5.50 Å². The van der Waals surface area contributed by atoms with Gasteiger partial charge in [-0.2, -0.15) is 0 Å². The second-order valence-electron chi connectivity index (χ2n) is 2.17. The predicted octanol–water partition coefficient (Wildman–Crippen LogP) is -1.06. The van der Waals surface area contributed by atoms with Crippen molar-refractivity contribution in [3.8, 4) is 0 Å². The molecule has 0 fully saturated rings. The third-order valence-electron chi connectivity index (χ3n) is 1.89. The number of rotatable bonds is 3. The summed E-state index contributed by atoms with van der Waals surface area (Å²) in [6, 6.07) is 0. The van der Waals surface area contributed by atoms with Gasteiger partial charge in [0.05, 0.1) is 25.9 Å². The van der Waals surface area contributed by atoms with Crippen LogP contribution in [0.4, 0.5) is 0 Å². The molecule has 0 amide bonds. The predicted molar refractivity (Wildman–Crippen MR) is 42.7 cm³/mol. The summed E-state index contributed by atoms with van der Waals surface area (Å²) in [5.74, 6) is 0. The van der Waals surface area contributed by atoms with Crippen LogP contribution in [0.25, 0.3) is 0 Å². The zero-order chi connectivity index (χ0) is 6.62. The molecule has 2 N–H and O–H groups in total. The first-order valence-electron chi connectivity index (χ1n) is 3.33. The summed E-state index contributed by atoms with van der Waals surface area (Å²) in [5, 5.41) is 0. The standard InChI is InChI=1S/C6H17NP.ClH/c1-4-8(7,5-2)6-3;/h4-7H2,1-3H3;1H/q+1;/p-1. The summed E-state index contributed by atoms with van der Waals surface area (Å²) in [7, 11) is -0.912. The van der Waals surface area contributed by atoms with E-state index in [4.69, 9.17) is 5.50 Å². The molecular weight excluding hydrogens is 152 g/mol. The molecule has 0 aliphatic heterocycles. The lowest BCUT2D eigenvalue weighted by Gasteiger charge is -2.15. The Morgan fingerprint density at radius 2 is 1.22 bits per heavy atom. The van der Waals surface area contributed by atoms with Gasteiger partial charge in [-0.1, -0.05) is 0 Å². The van der Waals surface area contributed by atoms with Crippen molar-refractivity contribution in [3.63, 3.8) is 0 Å². The van der Waals surface area contributed by atoms with E-state index in [0.29, 0.717) is 0 Å². The highest BCUT2D eigenvalue weighted by molar-refractivity contribution is 7.73. The minimum Gasteiger partial charge on any atom is -1.00 e. The van der Waals surface area contributed by atoms with E-state index in [-0.39, 0.29) is 12.4 Å². The van der Waals surface area contributed by atoms with Gasteiger partial charge in [0.15, 0.2) is 0 Å². The maximum Gasteiger partial charge on any atom is 0.0761 e. The van der Waals surface area contributed by atoms with Crippen LogP contribution in [-0.4, -0.2) is 18.5 Å². The van der Waals surface area contributed by atoms with E-state index >= 15 is 0 Å². The lowest BCUT2D eigenvalue weighted by Crippen LogP contribution is -3.00. The van der Waals surface area contributed by atoms with E-state index in [1.54, 1.807) is 0 Å². The first-order chi connectivity index (χ1) is 3.68. The minimum absolute atomic E-state index is 0. The SMILES string of the molecule is CC[P+](N)(CC)CC.[Cl-]. The molecule has 0 saturated heterocycles. The van der Waals surface area contributed by atoms with Crippen LogP contribution in [0.1, 0.15) is 20.8 Å². The Labute approximate surface area is 65.2 Å². The summed E-state index contributed by atoms with van der Waals surface area (Å²) in [5.41, 5.74) is 6.01. The molecule has 3 heteroatoms. The lowest BCUT2D eigenvalue weighted by atomic mass is 10.9. The average molecular weight is 170 g/mol. The lowest BCUT2D eigenvalue weighted by molar-refractivity contribution is -0.00000211. The molecule has 0 unspecified atom stereocenters. The van der Waals surface area contributed by atoms with Crippen molar-refractivity contribution < 1.29 is 12.4 Å². The normalized spacial score (nSPS) is 10.7. The van der Waals surface area contributed by atoms with Crippen molar-refractivity contribution >= 4 is 7.41 Å². The molecule has 0 saturated carbocycles. The van der Waals surface area contributed by atoms with E-state index in [0.717, 1.165) is 0 Å². The molecule has 0 aromatic carbocycles. The van der Waals surface area contributed by atoms with Crippen molar-refractivity contribution in [1.29, 1.82) is 0 Å². The fourth-order valence-corrected chi connectivity index (χ4v) is 2.01. The van der Waals surface area contributed by atoms with Crippen LogP contribution < -0.4 is 17.9 Å². The largest absolute Gasteiger partial charge is 1.00 e. The second-order valence-corrected chi connectivity index (χ2v) is 6.50. The number of hydrogen-bond acceptors (Lipinski definition) is 1. The Bertz CT molecular complexity index is 55.8. The van der Waals surface area contributed by atoms with Gasteiger partial charge in [0.2, 0.25) is 0 Å². The van der Waals surface area contributed by atoms with Gasteiger partial charge < -0.3 is 12.4 Å². The molecule has 0 aromatic rings. The number of hydrogen-bond donors (Lipinski definition) is 1. The molecule has 1 nitrogen and oxygen atoms in total. The Kier molecular flexibility index (Phi) is 7.51. The second kappa shape index (κ2) is 5.46. The van der Waals surface area contributed by atoms with Crippen molar-refractivity contribution in [3.05, 3.63) is 0 Å². The van der Waals surface area contributed by atoms with Crippen LogP contribution in [-0.2, 0) is 0 Å². The monoisotopic (exact) mass is 169 g/mol. The van der Waals surface area contributed by atoms with E-state index in [1.165, 1.54) is 18.5 Å². The third kappa shape index (κ3) is 4.13. The highest BCUT2D eigenvalue weighted by Crippen LogP contribution is 2.48. The molecule has 0 rings (SSSR count). The Hall–Kier alpha value is 0.680. The highest BCUT2D eigenvalue weighted by atomic mass is 35.5. The van der Waals surface area contributed by atoms with Crippen LogP contribution >= 0.6 is 7.41 Å². The highest BCUT2D eigenvalue weighted by Gasteiger charge is 2.24. The molecule has 0 bridgehead atoms. The van der Waals surface area contributed by atoms with Gasteiger partial charge in [-0.15, -0.1) is 0 Å². The van der Waals surface area contributed by atoms with Crippen LogP contribution in [0, 0.1) is 0 Å². The maximum absolute atomic E-state index is 6.01. The smallest absolute Gasteiger partial charge is 0.0761 e. The van der Waals surface area contributed by atoms with Crippen LogP contribution in [0.3, 0.4) is 0 Å². The maximum atomic E-state index is 6.01. The first kappa shape index (κ1) is 12.4. The van der Waals surface area contributed by atoms with Gasteiger partial charge in [0, 0.05) is 0 Å². The number of nitrogens with two attached hydrogens (primary N) is 1. The molecule has 9 heavy (non-hydrogen) atoms. The van der Waals surface area contributed by atoms with E-state index in [9.17, 15) is 0 Å². The fraction of sp³-hybridized carbons (Fsp3) is 1.00. The summed E-state index contributed by atoms with van der Waals surface area (Å²) < 4.78 is 0. The van der Waals surface area contributed by atoms with E-state index in [1.807, 2.05) is 0 Å². The van der Waals surface area contributed by atoms with Crippen LogP contribution in [0.15, 0.2) is 0 Å². The van der Waals surface area contributed by atoms with E-state index in [2.05, 4.69) is 20.8 Å². The summed E-state index contributed by atoms with van der Waals surface area (Å²) in [4.78, 5) is 0. The molecular formula is C6H17ClNP. The van der Waals surface area contributed by atoms with Crippen LogP contribution in [0.2, 0.25) is 0 Å². The van der Waals surface area contributed by atoms with Crippen molar-refractivity contribution in [2.24, 2.45) is 5.50 Å². The van der Waals surface area contributed by atoms with Crippen molar-refractivity contribution in [2.75, 3.05) is 18.5 Å². The molecule has 58 valence electrons. The molecule has 0 aromatic heterocycles. The molecule has 0 heterocycles. The van der Waals surface area contributed by atoms with Gasteiger partial charge in [-0.05, 0) is 20.8 Å². The van der Waals surface area contributed by atoms with Gasteiger partial charge in [-0.3, -0.25) is 0 Å². The first-order valence-corrected chi connectivity index (χ1v) is 5.74. The van der Waals surface area contributed by atoms with E-state index < -0.39 is 7.41 Å². The van der Waals surface area contributed by atoms with Crippen molar-refractivity contribution in [1.82, 2.24) is 0 Å². The average Bonchev–Trinajstić information content (AvgIpc) is 1.87. The van der Waals surface area contributed by atoms with Gasteiger partial charge in [0.1, 0.15) is 0 Å². The molecule has 0 aliphatic rings. The quantitative estimate of drug-likeness (QED) is 0.536. The van der Waals surface area contributed by atoms with Crippen molar-refractivity contribution in [2.45, 2.75) is 20.8 Å². The summed E-state index contributed by atoms with van der Waals surface area (Å²) >= 11 is 0. The van der Waals surface area contributed by atoms with Crippen LogP contribution in [0.5, 0.6) is 0 Å². The molecule has 0 atom stereocenters. The third-order valence-corrected chi connectivity index (χ3v) is 5.67. The summed E-state index contributed by atoms with van der Waals surface area (Å²) in [6.45, 7) is 6.59. The zero-order valence-corrected chi connectivity index (χ0v) is 8.17. The fourth-order valence-electron chi connectivity index (χ4n) is 0.671. The van der Waals surface area contributed by atoms with Gasteiger partial charge >= 0.3 is 0 Å². The summed E-state index contributed by atoms with van der Waals surface area (Å²) in [6.07, 6.45) is 3.62. The topological polar surface area (TPSA) is 26.0 Å². The zero-order valence-electron chi connectivity index (χ0n) is 6.52. The molecule has 0 spiro atoms. The van der Waals surface area contributed by atoms with Gasteiger partial charge in [0.25, 0.3) is 0 Å². The Balaban J connectivity index is 0. The Morgan fingerprint density at radius 3 is 1.22 bits per heavy atom. The Morgan fingerprint density at radius 1 is 1.00 bits per heavy atom. The minimum atomic E-state index is -0.912. The number of halogens is 1. The molecule has 0 radical (unpaired) electrons. The molecule has 0 aliphatic carbocycles.